The van der Waals surface area contributed by atoms with E-state index >= 15 is 0 Å². The highest BCUT2D eigenvalue weighted by Gasteiger charge is 2.12. The quantitative estimate of drug-likeness (QED) is 0.808. The molecule has 1 heterocycles. The Hall–Kier alpha value is -1.52. The van der Waals surface area contributed by atoms with Crippen molar-refractivity contribution in [2.45, 2.75) is 6.92 Å². The molecule has 1 aromatic carbocycles. The number of rotatable bonds is 1. The molecule has 6 heteroatoms. The summed E-state index contributed by atoms with van der Waals surface area (Å²) in [5, 5.41) is 0.366. The monoisotopic (exact) mass is 270 g/mol. The van der Waals surface area contributed by atoms with Crippen LogP contribution in [0.4, 0.5) is 0 Å². The van der Waals surface area contributed by atoms with Crippen molar-refractivity contribution in [3.63, 3.8) is 0 Å². The van der Waals surface area contributed by atoms with Crippen LogP contribution in [0.25, 0.3) is 5.69 Å². The highest BCUT2D eigenvalue weighted by Crippen LogP contribution is 2.17. The molecule has 0 bridgehead atoms. The Balaban J connectivity index is 2.87. The van der Waals surface area contributed by atoms with Crippen LogP contribution in [0.15, 0.2) is 33.9 Å². The van der Waals surface area contributed by atoms with E-state index in [9.17, 15) is 9.59 Å². The molecule has 88 valence electrons. The maximum atomic E-state index is 12.0. The highest BCUT2D eigenvalue weighted by molar-refractivity contribution is 6.32. The Morgan fingerprint density at radius 1 is 1.18 bits per heavy atom. The molecule has 0 spiro atoms. The SMILES string of the molecule is Cc1c(Cl)[nH]c(=O)n(-c2ccccc2Cl)c1=O. The van der Waals surface area contributed by atoms with Crippen LogP contribution in [0, 0.1) is 6.92 Å². The van der Waals surface area contributed by atoms with Gasteiger partial charge in [0, 0.05) is 0 Å². The molecule has 0 saturated heterocycles. The second-order valence-corrected chi connectivity index (χ2v) is 4.25. The summed E-state index contributed by atoms with van der Waals surface area (Å²) in [5.41, 5.74) is -0.489. The number of aromatic amines is 1. The second-order valence-electron chi connectivity index (χ2n) is 3.46. The molecule has 4 nitrogen and oxygen atoms in total. The van der Waals surface area contributed by atoms with Crippen molar-refractivity contribution >= 4 is 23.2 Å². The average molecular weight is 271 g/mol. The van der Waals surface area contributed by atoms with Gasteiger partial charge in [-0.25, -0.2) is 9.36 Å². The summed E-state index contributed by atoms with van der Waals surface area (Å²) in [4.78, 5) is 26.1. The smallest absolute Gasteiger partial charge is 0.297 e. The van der Waals surface area contributed by atoms with E-state index in [2.05, 4.69) is 4.98 Å². The Bertz CT molecular complexity index is 689. The average Bonchev–Trinajstić information content (AvgIpc) is 2.29. The first-order chi connectivity index (χ1) is 8.02. The van der Waals surface area contributed by atoms with Gasteiger partial charge in [-0.2, -0.15) is 0 Å². The molecular formula is C11H8Cl2N2O2. The van der Waals surface area contributed by atoms with Gasteiger partial charge in [-0.15, -0.1) is 0 Å². The predicted molar refractivity (Wildman–Crippen MR) is 67.4 cm³/mol. The summed E-state index contributed by atoms with van der Waals surface area (Å²) in [6, 6.07) is 6.60. The van der Waals surface area contributed by atoms with E-state index < -0.39 is 11.2 Å². The van der Waals surface area contributed by atoms with Gasteiger partial charge in [0.2, 0.25) is 0 Å². The van der Waals surface area contributed by atoms with Gasteiger partial charge >= 0.3 is 5.69 Å². The van der Waals surface area contributed by atoms with Gasteiger partial charge < -0.3 is 0 Å². The van der Waals surface area contributed by atoms with Crippen LogP contribution in [0.1, 0.15) is 5.56 Å². The standard InChI is InChI=1S/C11H8Cl2N2O2/c1-6-9(13)14-11(17)15(10(6)16)8-5-3-2-4-7(8)12/h2-5H,1H3,(H,14,17). The van der Waals surface area contributed by atoms with Crippen LogP contribution in [0.5, 0.6) is 0 Å². The fourth-order valence-corrected chi connectivity index (χ4v) is 1.83. The molecule has 0 atom stereocenters. The molecule has 17 heavy (non-hydrogen) atoms. The molecule has 0 radical (unpaired) electrons. The zero-order valence-corrected chi connectivity index (χ0v) is 10.3. The van der Waals surface area contributed by atoms with Crippen molar-refractivity contribution in [3.8, 4) is 5.69 Å². The molecule has 0 aliphatic rings. The topological polar surface area (TPSA) is 54.9 Å². The van der Waals surface area contributed by atoms with Gasteiger partial charge in [0.25, 0.3) is 5.56 Å². The number of benzene rings is 1. The van der Waals surface area contributed by atoms with Crippen LogP contribution in [0.2, 0.25) is 10.2 Å². The Morgan fingerprint density at radius 3 is 2.47 bits per heavy atom. The molecule has 0 saturated carbocycles. The summed E-state index contributed by atoms with van der Waals surface area (Å²) in [6.45, 7) is 1.54. The molecule has 1 N–H and O–H groups in total. The Kier molecular flexibility index (Phi) is 3.09. The third-order valence-corrected chi connectivity index (χ3v) is 3.06. The summed E-state index contributed by atoms with van der Waals surface area (Å²) >= 11 is 11.7. The predicted octanol–water partition coefficient (Wildman–Crippen LogP) is 2.14. The minimum atomic E-state index is -0.612. The minimum absolute atomic E-state index is 0.0447. The third kappa shape index (κ3) is 2.01. The number of para-hydroxylation sites is 1. The summed E-state index contributed by atoms with van der Waals surface area (Å²) in [6.07, 6.45) is 0. The molecule has 0 amide bonds. The zero-order valence-electron chi connectivity index (χ0n) is 8.83. The van der Waals surface area contributed by atoms with Crippen molar-refractivity contribution < 1.29 is 0 Å². The Morgan fingerprint density at radius 2 is 1.82 bits per heavy atom. The number of aromatic nitrogens is 2. The normalized spacial score (nSPS) is 10.5. The van der Waals surface area contributed by atoms with E-state index in [0.29, 0.717) is 10.7 Å². The Labute approximate surface area is 106 Å². The van der Waals surface area contributed by atoms with E-state index in [1.54, 1.807) is 24.3 Å². The number of nitrogens with one attached hydrogen (secondary N) is 1. The number of hydrogen-bond donors (Lipinski definition) is 1. The first-order valence-electron chi connectivity index (χ1n) is 4.78. The maximum Gasteiger partial charge on any atom is 0.334 e. The lowest BCUT2D eigenvalue weighted by Crippen LogP contribution is -2.35. The van der Waals surface area contributed by atoms with E-state index in [-0.39, 0.29) is 10.7 Å². The molecular weight excluding hydrogens is 263 g/mol. The van der Waals surface area contributed by atoms with Gasteiger partial charge in [-0.05, 0) is 19.1 Å². The van der Waals surface area contributed by atoms with Crippen LogP contribution >= 0.6 is 23.2 Å². The van der Waals surface area contributed by atoms with Gasteiger partial charge in [-0.3, -0.25) is 9.78 Å². The van der Waals surface area contributed by atoms with E-state index in [1.807, 2.05) is 0 Å². The zero-order chi connectivity index (χ0) is 12.6. The first-order valence-corrected chi connectivity index (χ1v) is 5.54. The molecule has 2 aromatic rings. The molecule has 0 aliphatic heterocycles. The van der Waals surface area contributed by atoms with Crippen LogP contribution in [-0.4, -0.2) is 9.55 Å². The van der Waals surface area contributed by atoms with Gasteiger partial charge in [0.05, 0.1) is 16.3 Å². The molecule has 0 unspecified atom stereocenters. The summed E-state index contributed by atoms with van der Waals surface area (Å²) in [5.74, 6) is 0. The van der Waals surface area contributed by atoms with Crippen LogP contribution in [0.3, 0.4) is 0 Å². The fourth-order valence-electron chi connectivity index (χ4n) is 1.45. The molecule has 0 aliphatic carbocycles. The van der Waals surface area contributed by atoms with E-state index in [4.69, 9.17) is 23.2 Å². The van der Waals surface area contributed by atoms with Crippen LogP contribution < -0.4 is 11.2 Å². The van der Waals surface area contributed by atoms with Crippen LogP contribution in [-0.2, 0) is 0 Å². The maximum absolute atomic E-state index is 12.0. The largest absolute Gasteiger partial charge is 0.334 e. The van der Waals surface area contributed by atoms with Crippen molar-refractivity contribution in [1.82, 2.24) is 9.55 Å². The van der Waals surface area contributed by atoms with Crippen molar-refractivity contribution in [2.75, 3.05) is 0 Å². The highest BCUT2D eigenvalue weighted by atomic mass is 35.5. The first kappa shape index (κ1) is 12.0. The lowest BCUT2D eigenvalue weighted by atomic mass is 10.3. The minimum Gasteiger partial charge on any atom is -0.297 e. The lowest BCUT2D eigenvalue weighted by molar-refractivity contribution is 0.860. The summed E-state index contributed by atoms with van der Waals surface area (Å²) < 4.78 is 0.962. The summed E-state index contributed by atoms with van der Waals surface area (Å²) in [7, 11) is 0. The number of H-pyrrole nitrogens is 1. The van der Waals surface area contributed by atoms with Gasteiger partial charge in [0.1, 0.15) is 5.15 Å². The van der Waals surface area contributed by atoms with Crippen molar-refractivity contribution in [1.29, 1.82) is 0 Å². The number of hydrogen-bond acceptors (Lipinski definition) is 2. The second kappa shape index (κ2) is 4.39. The number of nitrogens with zero attached hydrogens (tertiary/aromatic N) is 1. The molecule has 1 aromatic heterocycles. The van der Waals surface area contributed by atoms with E-state index in [0.717, 1.165) is 4.57 Å². The molecule has 0 fully saturated rings. The van der Waals surface area contributed by atoms with Crippen molar-refractivity contribution in [2.24, 2.45) is 0 Å². The lowest BCUT2D eigenvalue weighted by Gasteiger charge is -2.07. The van der Waals surface area contributed by atoms with Gasteiger partial charge in [-0.1, -0.05) is 35.3 Å². The third-order valence-electron chi connectivity index (χ3n) is 2.37. The fraction of sp³-hybridized carbons (Fsp3) is 0.0909. The van der Waals surface area contributed by atoms with Gasteiger partial charge in [0.15, 0.2) is 0 Å². The molecule has 2 rings (SSSR count). The van der Waals surface area contributed by atoms with Crippen molar-refractivity contribution in [3.05, 3.63) is 60.8 Å². The van der Waals surface area contributed by atoms with E-state index in [1.165, 1.54) is 6.92 Å². The number of halogens is 2.